The third-order valence-corrected chi connectivity index (χ3v) is 7.70. The lowest BCUT2D eigenvalue weighted by Crippen LogP contribution is -2.51. The standard InChI is InChI=1S/C30H30F4N4O4/c1-18(2)14-36-16-23(13-35-36)21-6-9-25-22(12-21)10-11-29(25)27(40)38(28(41)42-29)17-26(39)37(19(3)30(32,33)34)15-20-4-7-24(31)8-5-20/h4-9,12-13,16,18-19H,10-11,14-15,17H2,1-3H3/t19-,29+/m0/s1. The number of rotatable bonds is 8. The van der Waals surface area contributed by atoms with Crippen molar-refractivity contribution in [1.82, 2.24) is 19.6 Å². The van der Waals surface area contributed by atoms with Gasteiger partial charge in [0.15, 0.2) is 0 Å². The molecule has 1 spiro atoms. The topological polar surface area (TPSA) is 84.7 Å². The number of imide groups is 1. The lowest BCUT2D eigenvalue weighted by Gasteiger charge is -2.31. The Kier molecular flexibility index (Phi) is 7.59. The number of hydrogen-bond donors (Lipinski definition) is 0. The number of halogens is 4. The Morgan fingerprint density at radius 2 is 1.81 bits per heavy atom. The Morgan fingerprint density at radius 3 is 2.48 bits per heavy atom. The second kappa shape index (κ2) is 10.9. The first-order chi connectivity index (χ1) is 19.8. The zero-order valence-electron chi connectivity index (χ0n) is 23.3. The quantitative estimate of drug-likeness (QED) is 0.328. The SMILES string of the molecule is CC(C)Cn1cc(-c2ccc3c(c2)CC[C@@]32OC(=O)N(CC(=O)N(Cc3ccc(F)cc3)[C@@H](C)C(F)(F)F)C2=O)cn1. The van der Waals surface area contributed by atoms with Crippen LogP contribution in [0.4, 0.5) is 22.4 Å². The Bertz CT molecular complexity index is 1520. The van der Waals surface area contributed by atoms with Crippen molar-refractivity contribution in [2.24, 2.45) is 5.92 Å². The Balaban J connectivity index is 1.36. The molecule has 8 nitrogen and oxygen atoms in total. The molecule has 0 N–H and O–H groups in total. The van der Waals surface area contributed by atoms with Crippen LogP contribution < -0.4 is 0 Å². The van der Waals surface area contributed by atoms with Gasteiger partial charge in [0.1, 0.15) is 18.4 Å². The van der Waals surface area contributed by atoms with Crippen molar-refractivity contribution in [3.05, 3.63) is 77.4 Å². The zero-order valence-corrected chi connectivity index (χ0v) is 23.3. The van der Waals surface area contributed by atoms with E-state index in [1.165, 1.54) is 12.1 Å². The van der Waals surface area contributed by atoms with Gasteiger partial charge in [-0.2, -0.15) is 18.3 Å². The van der Waals surface area contributed by atoms with E-state index in [1.807, 2.05) is 16.9 Å². The first-order valence-corrected chi connectivity index (χ1v) is 13.6. The molecule has 2 aromatic carbocycles. The van der Waals surface area contributed by atoms with Gasteiger partial charge in [-0.15, -0.1) is 0 Å². The van der Waals surface area contributed by atoms with Crippen molar-refractivity contribution in [3.63, 3.8) is 0 Å². The summed E-state index contributed by atoms with van der Waals surface area (Å²) in [6.45, 7) is 4.32. The van der Waals surface area contributed by atoms with Gasteiger partial charge in [0.05, 0.1) is 6.20 Å². The monoisotopic (exact) mass is 586 g/mol. The molecule has 1 aromatic heterocycles. The molecule has 0 bridgehead atoms. The second-order valence-electron chi connectivity index (χ2n) is 11.2. The first-order valence-electron chi connectivity index (χ1n) is 13.6. The molecule has 1 saturated heterocycles. The molecule has 0 saturated carbocycles. The van der Waals surface area contributed by atoms with Crippen LogP contribution in [0.1, 0.15) is 43.9 Å². The number of benzene rings is 2. The number of fused-ring (bicyclic) bond motifs is 2. The van der Waals surface area contributed by atoms with Gasteiger partial charge in [-0.25, -0.2) is 14.1 Å². The molecular formula is C30H30F4N4O4. The van der Waals surface area contributed by atoms with Gasteiger partial charge in [0.25, 0.3) is 5.91 Å². The molecule has 0 radical (unpaired) electrons. The van der Waals surface area contributed by atoms with Crippen molar-refractivity contribution in [2.45, 2.75) is 64.5 Å². The van der Waals surface area contributed by atoms with Crippen LogP contribution in [0.2, 0.25) is 0 Å². The van der Waals surface area contributed by atoms with Gasteiger partial charge in [-0.3, -0.25) is 14.3 Å². The molecule has 222 valence electrons. The van der Waals surface area contributed by atoms with E-state index in [2.05, 4.69) is 18.9 Å². The van der Waals surface area contributed by atoms with E-state index >= 15 is 0 Å². The van der Waals surface area contributed by atoms with Gasteiger partial charge < -0.3 is 9.64 Å². The van der Waals surface area contributed by atoms with Gasteiger partial charge in [-0.1, -0.05) is 44.2 Å². The van der Waals surface area contributed by atoms with Crippen molar-refractivity contribution in [3.8, 4) is 11.1 Å². The minimum absolute atomic E-state index is 0.145. The molecule has 1 fully saturated rings. The largest absolute Gasteiger partial charge is 0.427 e. The molecule has 5 rings (SSSR count). The number of nitrogens with zero attached hydrogens (tertiary/aromatic N) is 4. The second-order valence-corrected chi connectivity index (χ2v) is 11.2. The van der Waals surface area contributed by atoms with Crippen LogP contribution >= 0.6 is 0 Å². The molecule has 2 aliphatic rings. The van der Waals surface area contributed by atoms with E-state index in [9.17, 15) is 31.9 Å². The Hall–Kier alpha value is -4.22. The summed E-state index contributed by atoms with van der Waals surface area (Å²) in [4.78, 5) is 40.8. The summed E-state index contributed by atoms with van der Waals surface area (Å²) >= 11 is 0. The fourth-order valence-corrected chi connectivity index (χ4v) is 5.45. The number of ether oxygens (including phenoxy) is 1. The number of aryl methyl sites for hydroxylation is 1. The number of aromatic nitrogens is 2. The van der Waals surface area contributed by atoms with Gasteiger partial charge >= 0.3 is 12.3 Å². The maximum atomic E-state index is 13.7. The van der Waals surface area contributed by atoms with Crippen LogP contribution in [0.15, 0.2) is 54.9 Å². The van der Waals surface area contributed by atoms with Crippen LogP contribution in [-0.4, -0.2) is 56.3 Å². The Labute approximate surface area is 239 Å². The lowest BCUT2D eigenvalue weighted by atomic mass is 9.93. The fraction of sp³-hybridized carbons (Fsp3) is 0.400. The number of amides is 3. The smallest absolute Gasteiger partial charge is 0.418 e. The molecule has 1 aliphatic carbocycles. The summed E-state index contributed by atoms with van der Waals surface area (Å²) < 4.78 is 61.8. The first kappa shape index (κ1) is 29.3. The average Bonchev–Trinajstić information content (AvgIpc) is 3.60. The summed E-state index contributed by atoms with van der Waals surface area (Å²) in [7, 11) is 0. The lowest BCUT2D eigenvalue weighted by molar-refractivity contribution is -0.187. The van der Waals surface area contributed by atoms with Crippen molar-refractivity contribution in [1.29, 1.82) is 0 Å². The van der Waals surface area contributed by atoms with E-state index in [-0.39, 0.29) is 12.0 Å². The summed E-state index contributed by atoms with van der Waals surface area (Å²) in [5.41, 5.74) is 1.65. The third kappa shape index (κ3) is 5.49. The van der Waals surface area contributed by atoms with Gasteiger partial charge in [-0.05, 0) is 48.1 Å². The van der Waals surface area contributed by atoms with Crippen LogP contribution in [0.5, 0.6) is 0 Å². The van der Waals surface area contributed by atoms with Crippen LogP contribution in [0, 0.1) is 11.7 Å². The summed E-state index contributed by atoms with van der Waals surface area (Å²) in [5.74, 6) is -2.06. The van der Waals surface area contributed by atoms with E-state index in [1.54, 1.807) is 18.3 Å². The van der Waals surface area contributed by atoms with Crippen LogP contribution in [-0.2, 0) is 39.4 Å². The molecular weight excluding hydrogens is 556 g/mol. The van der Waals surface area contributed by atoms with Crippen molar-refractivity contribution < 1.29 is 36.7 Å². The highest BCUT2D eigenvalue weighted by Crippen LogP contribution is 2.46. The number of alkyl halides is 3. The number of carbonyl (C=O) groups excluding carboxylic acids is 3. The molecule has 2 heterocycles. The van der Waals surface area contributed by atoms with Crippen molar-refractivity contribution >= 4 is 17.9 Å². The average molecular weight is 587 g/mol. The Morgan fingerprint density at radius 1 is 1.10 bits per heavy atom. The predicted molar refractivity (Wildman–Crippen MR) is 143 cm³/mol. The van der Waals surface area contributed by atoms with Gasteiger partial charge in [0.2, 0.25) is 11.5 Å². The maximum absolute atomic E-state index is 13.7. The van der Waals surface area contributed by atoms with E-state index < -0.39 is 54.6 Å². The van der Waals surface area contributed by atoms with Crippen LogP contribution in [0.3, 0.4) is 0 Å². The fourth-order valence-electron chi connectivity index (χ4n) is 5.45. The maximum Gasteiger partial charge on any atom is 0.418 e. The molecule has 42 heavy (non-hydrogen) atoms. The minimum Gasteiger partial charge on any atom is -0.427 e. The molecule has 12 heteroatoms. The molecule has 1 aliphatic heterocycles. The van der Waals surface area contributed by atoms with E-state index in [0.29, 0.717) is 27.7 Å². The molecule has 0 unspecified atom stereocenters. The van der Waals surface area contributed by atoms with E-state index in [4.69, 9.17) is 4.74 Å². The normalized spacial score (nSPS) is 19.0. The highest BCUT2D eigenvalue weighted by Gasteiger charge is 2.58. The summed E-state index contributed by atoms with van der Waals surface area (Å²) in [6, 6.07) is 7.86. The van der Waals surface area contributed by atoms with Crippen LogP contribution in [0.25, 0.3) is 11.1 Å². The number of carbonyl (C=O) groups is 3. The number of hydrogen-bond acceptors (Lipinski definition) is 5. The third-order valence-electron chi connectivity index (χ3n) is 7.70. The minimum atomic E-state index is -4.78. The molecule has 2 atom stereocenters. The molecule has 3 amide bonds. The zero-order chi connectivity index (χ0) is 30.4. The predicted octanol–water partition coefficient (Wildman–Crippen LogP) is 5.45. The molecule has 3 aromatic rings. The summed E-state index contributed by atoms with van der Waals surface area (Å²) in [6.07, 6.45) is -1.62. The highest BCUT2D eigenvalue weighted by atomic mass is 19.4. The van der Waals surface area contributed by atoms with Gasteiger partial charge in [0, 0.05) is 36.8 Å². The highest BCUT2D eigenvalue weighted by molar-refractivity contribution is 6.06. The van der Waals surface area contributed by atoms with E-state index in [0.717, 1.165) is 42.3 Å². The van der Waals surface area contributed by atoms with Crippen molar-refractivity contribution in [2.75, 3.05) is 6.54 Å². The summed E-state index contributed by atoms with van der Waals surface area (Å²) in [5, 5.41) is 4.39.